The number of aromatic nitrogens is 1. The summed E-state index contributed by atoms with van der Waals surface area (Å²) in [5.74, 6) is 1.56. The van der Waals surface area contributed by atoms with E-state index in [0.29, 0.717) is 11.3 Å². The van der Waals surface area contributed by atoms with Gasteiger partial charge in [0.05, 0.1) is 4.47 Å². The fourth-order valence-electron chi connectivity index (χ4n) is 2.07. The SMILES string of the molecule is Cc1cnc(N2CCC(Cl)C(C)C2)c(Br)c1. The van der Waals surface area contributed by atoms with Crippen molar-refractivity contribution in [3.05, 3.63) is 22.3 Å². The van der Waals surface area contributed by atoms with E-state index in [1.165, 1.54) is 5.56 Å². The van der Waals surface area contributed by atoms with Crippen molar-refractivity contribution in [1.29, 1.82) is 0 Å². The zero-order chi connectivity index (χ0) is 11.7. The first-order valence-electron chi connectivity index (χ1n) is 5.59. The van der Waals surface area contributed by atoms with Crippen LogP contribution in [0.4, 0.5) is 5.82 Å². The number of hydrogen-bond donors (Lipinski definition) is 0. The van der Waals surface area contributed by atoms with E-state index in [2.05, 4.69) is 45.7 Å². The van der Waals surface area contributed by atoms with Crippen LogP contribution in [0, 0.1) is 12.8 Å². The molecular weight excluding hydrogens is 288 g/mol. The number of pyridine rings is 1. The molecule has 4 heteroatoms. The van der Waals surface area contributed by atoms with Gasteiger partial charge >= 0.3 is 0 Å². The van der Waals surface area contributed by atoms with E-state index in [-0.39, 0.29) is 0 Å². The summed E-state index contributed by atoms with van der Waals surface area (Å²) in [7, 11) is 0. The molecule has 1 aromatic rings. The molecule has 0 spiro atoms. The third-order valence-corrected chi connectivity index (χ3v) is 4.29. The van der Waals surface area contributed by atoms with Gasteiger partial charge in [0.1, 0.15) is 5.82 Å². The Kier molecular flexibility index (Phi) is 3.75. The van der Waals surface area contributed by atoms with E-state index >= 15 is 0 Å². The number of halogens is 2. The van der Waals surface area contributed by atoms with Gasteiger partial charge in [-0.25, -0.2) is 4.98 Å². The van der Waals surface area contributed by atoms with E-state index in [4.69, 9.17) is 11.6 Å². The summed E-state index contributed by atoms with van der Waals surface area (Å²) in [5, 5.41) is 0.306. The molecule has 0 N–H and O–H groups in total. The minimum atomic E-state index is 0.306. The predicted molar refractivity (Wildman–Crippen MR) is 72.3 cm³/mol. The molecule has 0 amide bonds. The first kappa shape index (κ1) is 12.2. The molecular formula is C12H16BrClN2. The van der Waals surface area contributed by atoms with Gasteiger partial charge in [-0.3, -0.25) is 0 Å². The van der Waals surface area contributed by atoms with Crippen molar-refractivity contribution < 1.29 is 0 Å². The molecule has 0 aromatic carbocycles. The first-order valence-corrected chi connectivity index (χ1v) is 6.82. The minimum absolute atomic E-state index is 0.306. The molecule has 1 saturated heterocycles. The molecule has 2 atom stereocenters. The van der Waals surface area contributed by atoms with Gasteiger partial charge in [-0.1, -0.05) is 6.92 Å². The van der Waals surface area contributed by atoms with Crippen LogP contribution in [0.2, 0.25) is 0 Å². The van der Waals surface area contributed by atoms with Crippen molar-refractivity contribution in [2.75, 3.05) is 18.0 Å². The topological polar surface area (TPSA) is 16.1 Å². The molecule has 0 saturated carbocycles. The third-order valence-electron chi connectivity index (χ3n) is 3.06. The van der Waals surface area contributed by atoms with Gasteiger partial charge in [0.15, 0.2) is 0 Å². The average molecular weight is 304 g/mol. The lowest BCUT2D eigenvalue weighted by atomic mass is 9.99. The highest BCUT2D eigenvalue weighted by Crippen LogP contribution is 2.30. The van der Waals surface area contributed by atoms with Crippen LogP contribution in [0.25, 0.3) is 0 Å². The average Bonchev–Trinajstić information content (AvgIpc) is 2.22. The Morgan fingerprint density at radius 2 is 2.31 bits per heavy atom. The molecule has 1 fully saturated rings. The van der Waals surface area contributed by atoms with Crippen molar-refractivity contribution in [2.45, 2.75) is 25.6 Å². The molecule has 0 aliphatic carbocycles. The zero-order valence-corrected chi connectivity index (χ0v) is 11.9. The third kappa shape index (κ3) is 2.51. The van der Waals surface area contributed by atoms with Gasteiger partial charge in [0, 0.05) is 24.7 Å². The second-order valence-corrected chi connectivity index (χ2v) is 5.96. The van der Waals surface area contributed by atoms with Gasteiger partial charge in [-0.05, 0) is 46.8 Å². The fraction of sp³-hybridized carbons (Fsp3) is 0.583. The van der Waals surface area contributed by atoms with Crippen LogP contribution in [0.15, 0.2) is 16.7 Å². The van der Waals surface area contributed by atoms with Crippen LogP contribution >= 0.6 is 27.5 Å². The molecule has 0 bridgehead atoms. The summed E-state index contributed by atoms with van der Waals surface area (Å²) >= 11 is 9.81. The Bertz CT molecular complexity index is 383. The summed E-state index contributed by atoms with van der Waals surface area (Å²) in [6.07, 6.45) is 2.95. The molecule has 1 aromatic heterocycles. The highest BCUT2D eigenvalue weighted by atomic mass is 79.9. The van der Waals surface area contributed by atoms with Crippen LogP contribution in [0.3, 0.4) is 0 Å². The van der Waals surface area contributed by atoms with E-state index in [9.17, 15) is 0 Å². The number of nitrogens with zero attached hydrogens (tertiary/aromatic N) is 2. The van der Waals surface area contributed by atoms with Gasteiger partial charge < -0.3 is 4.90 Å². The van der Waals surface area contributed by atoms with E-state index in [1.54, 1.807) is 0 Å². The smallest absolute Gasteiger partial charge is 0.142 e. The number of hydrogen-bond acceptors (Lipinski definition) is 2. The van der Waals surface area contributed by atoms with Crippen LogP contribution in [-0.4, -0.2) is 23.5 Å². The van der Waals surface area contributed by atoms with Crippen LogP contribution in [0.1, 0.15) is 18.9 Å². The van der Waals surface area contributed by atoms with Crippen molar-refractivity contribution >= 4 is 33.3 Å². The Labute approximate surface area is 110 Å². The monoisotopic (exact) mass is 302 g/mol. The fourth-order valence-corrected chi connectivity index (χ4v) is 2.96. The normalized spacial score (nSPS) is 25.9. The van der Waals surface area contributed by atoms with Gasteiger partial charge in [0.2, 0.25) is 0 Å². The van der Waals surface area contributed by atoms with E-state index in [0.717, 1.165) is 29.8 Å². The standard InChI is InChI=1S/C12H16BrClN2/c1-8-5-10(13)12(15-6-8)16-4-3-11(14)9(2)7-16/h5-6,9,11H,3-4,7H2,1-2H3. The molecule has 1 aliphatic rings. The Morgan fingerprint density at radius 1 is 1.56 bits per heavy atom. The van der Waals surface area contributed by atoms with E-state index < -0.39 is 0 Å². The van der Waals surface area contributed by atoms with Crippen LogP contribution in [0.5, 0.6) is 0 Å². The number of anilines is 1. The van der Waals surface area contributed by atoms with Crippen molar-refractivity contribution in [3.63, 3.8) is 0 Å². The molecule has 2 unspecified atom stereocenters. The molecule has 2 heterocycles. The van der Waals surface area contributed by atoms with E-state index in [1.807, 2.05) is 6.20 Å². The summed E-state index contributed by atoms with van der Waals surface area (Å²) < 4.78 is 1.08. The van der Waals surface area contributed by atoms with Crippen molar-refractivity contribution in [3.8, 4) is 0 Å². The lowest BCUT2D eigenvalue weighted by Gasteiger charge is -2.35. The highest BCUT2D eigenvalue weighted by molar-refractivity contribution is 9.10. The Balaban J connectivity index is 2.18. The van der Waals surface area contributed by atoms with Crippen LogP contribution in [-0.2, 0) is 0 Å². The largest absolute Gasteiger partial charge is 0.355 e. The van der Waals surface area contributed by atoms with Crippen molar-refractivity contribution in [2.24, 2.45) is 5.92 Å². The summed E-state index contributed by atoms with van der Waals surface area (Å²) in [4.78, 5) is 6.81. The quantitative estimate of drug-likeness (QED) is 0.737. The summed E-state index contributed by atoms with van der Waals surface area (Å²) in [5.41, 5.74) is 1.18. The molecule has 0 radical (unpaired) electrons. The molecule has 1 aliphatic heterocycles. The van der Waals surface area contributed by atoms with Crippen molar-refractivity contribution in [1.82, 2.24) is 4.98 Å². The number of piperidine rings is 1. The van der Waals surface area contributed by atoms with Gasteiger partial charge in [0.25, 0.3) is 0 Å². The zero-order valence-electron chi connectivity index (χ0n) is 9.58. The van der Waals surface area contributed by atoms with Gasteiger partial charge in [-0.2, -0.15) is 0 Å². The second-order valence-electron chi connectivity index (χ2n) is 4.55. The number of rotatable bonds is 1. The maximum Gasteiger partial charge on any atom is 0.142 e. The minimum Gasteiger partial charge on any atom is -0.355 e. The highest BCUT2D eigenvalue weighted by Gasteiger charge is 2.25. The second kappa shape index (κ2) is 4.92. The molecule has 2 nitrogen and oxygen atoms in total. The molecule has 2 rings (SSSR count). The lowest BCUT2D eigenvalue weighted by Crippen LogP contribution is -2.40. The maximum atomic E-state index is 6.23. The maximum absolute atomic E-state index is 6.23. The Morgan fingerprint density at radius 3 is 2.94 bits per heavy atom. The number of alkyl halides is 1. The van der Waals surface area contributed by atoms with Gasteiger partial charge in [-0.15, -0.1) is 11.6 Å². The lowest BCUT2D eigenvalue weighted by molar-refractivity contribution is 0.452. The first-order chi connectivity index (χ1) is 7.58. The molecule has 16 heavy (non-hydrogen) atoms. The predicted octanol–water partition coefficient (Wildman–Crippen LogP) is 3.61. The summed E-state index contributed by atoms with van der Waals surface area (Å²) in [6, 6.07) is 2.11. The molecule has 88 valence electrons. The van der Waals surface area contributed by atoms with Crippen LogP contribution < -0.4 is 4.90 Å². The summed E-state index contributed by atoms with van der Waals surface area (Å²) in [6.45, 7) is 6.23. The Hall–Kier alpha value is -0.280. The number of aryl methyl sites for hydroxylation is 1.